The van der Waals surface area contributed by atoms with Crippen molar-refractivity contribution in [3.8, 4) is 0 Å². The summed E-state index contributed by atoms with van der Waals surface area (Å²) in [6.07, 6.45) is -0.352. The van der Waals surface area contributed by atoms with Crippen LogP contribution in [0, 0.1) is 6.92 Å². The van der Waals surface area contributed by atoms with E-state index in [1.54, 1.807) is 0 Å². The lowest BCUT2D eigenvalue weighted by Crippen LogP contribution is -2.21. The van der Waals surface area contributed by atoms with Crippen molar-refractivity contribution in [2.24, 2.45) is 0 Å². The predicted octanol–water partition coefficient (Wildman–Crippen LogP) is 1.74. The summed E-state index contributed by atoms with van der Waals surface area (Å²) in [6, 6.07) is 6.36. The lowest BCUT2D eigenvalue weighted by Gasteiger charge is -2.14. The van der Waals surface area contributed by atoms with Gasteiger partial charge in [0.1, 0.15) is 0 Å². The molecule has 2 rings (SSSR count). The monoisotopic (exact) mass is 191 g/mol. The maximum atomic E-state index is 9.92. The van der Waals surface area contributed by atoms with E-state index >= 15 is 0 Å². The van der Waals surface area contributed by atoms with Gasteiger partial charge in [-0.2, -0.15) is 0 Å². The fourth-order valence-electron chi connectivity index (χ4n) is 2.09. The second kappa shape index (κ2) is 3.71. The largest absolute Gasteiger partial charge is 0.387 e. The first-order chi connectivity index (χ1) is 6.68. The van der Waals surface area contributed by atoms with Crippen LogP contribution < -0.4 is 5.32 Å². The molecule has 1 aromatic rings. The molecule has 1 aliphatic rings. The van der Waals surface area contributed by atoms with Gasteiger partial charge in [-0.15, -0.1) is 0 Å². The van der Waals surface area contributed by atoms with Crippen LogP contribution in [0.2, 0.25) is 0 Å². The Labute approximate surface area is 85.0 Å². The van der Waals surface area contributed by atoms with E-state index in [4.69, 9.17) is 0 Å². The molecule has 0 fully saturated rings. The molecule has 2 unspecified atom stereocenters. The Bertz CT molecular complexity index is 335. The number of hydrogen-bond donors (Lipinski definition) is 2. The number of β-amino-alcohol motifs (C(OH)–C–C–N with tert-alkyl or cyclic N) is 1. The lowest BCUT2D eigenvalue weighted by molar-refractivity contribution is 0.178. The first-order valence-electron chi connectivity index (χ1n) is 5.17. The van der Waals surface area contributed by atoms with E-state index in [1.807, 2.05) is 0 Å². The zero-order valence-corrected chi connectivity index (χ0v) is 8.75. The van der Waals surface area contributed by atoms with Crippen molar-refractivity contribution in [3.05, 3.63) is 34.9 Å². The van der Waals surface area contributed by atoms with Gasteiger partial charge in [-0.25, -0.2) is 0 Å². The van der Waals surface area contributed by atoms with E-state index in [1.165, 1.54) is 11.1 Å². The van der Waals surface area contributed by atoms with Gasteiger partial charge in [0, 0.05) is 13.1 Å². The van der Waals surface area contributed by atoms with Crippen molar-refractivity contribution in [3.63, 3.8) is 0 Å². The van der Waals surface area contributed by atoms with E-state index < -0.39 is 0 Å². The van der Waals surface area contributed by atoms with Crippen LogP contribution in [0.3, 0.4) is 0 Å². The van der Waals surface area contributed by atoms with Crippen LogP contribution in [0.1, 0.15) is 35.6 Å². The molecule has 0 bridgehead atoms. The van der Waals surface area contributed by atoms with Crippen molar-refractivity contribution in [1.82, 2.24) is 5.32 Å². The lowest BCUT2D eigenvalue weighted by atomic mass is 9.93. The second-order valence-corrected chi connectivity index (χ2v) is 4.21. The van der Waals surface area contributed by atoms with Gasteiger partial charge in [0.05, 0.1) is 6.10 Å². The van der Waals surface area contributed by atoms with Crippen LogP contribution in [-0.2, 0) is 0 Å². The number of benzene rings is 1. The van der Waals surface area contributed by atoms with Crippen molar-refractivity contribution >= 4 is 0 Å². The van der Waals surface area contributed by atoms with Crippen LogP contribution in [0.15, 0.2) is 18.2 Å². The molecule has 0 radical (unpaired) electrons. The number of aliphatic hydroxyl groups is 1. The molecule has 1 heterocycles. The number of hydrogen-bond acceptors (Lipinski definition) is 2. The fourth-order valence-corrected chi connectivity index (χ4v) is 2.09. The maximum Gasteiger partial charge on any atom is 0.0917 e. The number of aliphatic hydroxyl groups excluding tert-OH is 1. The highest BCUT2D eigenvalue weighted by Gasteiger charge is 2.20. The van der Waals surface area contributed by atoms with Crippen molar-refractivity contribution in [1.29, 1.82) is 0 Å². The Kier molecular flexibility index (Phi) is 2.57. The van der Waals surface area contributed by atoms with Crippen molar-refractivity contribution < 1.29 is 5.11 Å². The number of fused-ring (bicyclic) bond motifs is 1. The van der Waals surface area contributed by atoms with E-state index in [-0.39, 0.29) is 6.10 Å². The molecule has 0 saturated carbocycles. The Morgan fingerprint density at radius 2 is 2.07 bits per heavy atom. The van der Waals surface area contributed by atoms with Gasteiger partial charge in [-0.05, 0) is 24.0 Å². The average Bonchev–Trinajstić information content (AvgIpc) is 2.28. The van der Waals surface area contributed by atoms with Crippen molar-refractivity contribution in [2.75, 3.05) is 13.1 Å². The average molecular weight is 191 g/mol. The summed E-state index contributed by atoms with van der Waals surface area (Å²) in [5, 5.41) is 13.2. The van der Waals surface area contributed by atoms with Gasteiger partial charge >= 0.3 is 0 Å². The highest BCUT2D eigenvalue weighted by Crippen LogP contribution is 2.28. The quantitative estimate of drug-likeness (QED) is 0.654. The minimum atomic E-state index is -0.352. The molecular weight excluding hydrogens is 174 g/mol. The standard InChI is InChI=1S/C12H17NO/c1-8-3-4-10-9(2)6-13-7-12(14)11(10)5-8/h3-5,9,12-14H,6-7H2,1-2H3. The molecule has 0 saturated heterocycles. The van der Waals surface area contributed by atoms with E-state index in [2.05, 4.69) is 37.4 Å². The molecule has 0 aromatic heterocycles. The first kappa shape index (κ1) is 9.69. The number of rotatable bonds is 0. The van der Waals surface area contributed by atoms with Gasteiger partial charge in [-0.1, -0.05) is 30.7 Å². The summed E-state index contributed by atoms with van der Waals surface area (Å²) in [5.74, 6) is 0.489. The maximum absolute atomic E-state index is 9.92. The predicted molar refractivity (Wildman–Crippen MR) is 57.4 cm³/mol. The van der Waals surface area contributed by atoms with Crippen LogP contribution in [-0.4, -0.2) is 18.2 Å². The minimum absolute atomic E-state index is 0.352. The molecule has 1 aliphatic heterocycles. The summed E-state index contributed by atoms with van der Waals surface area (Å²) in [7, 11) is 0. The van der Waals surface area contributed by atoms with Gasteiger partial charge in [0.2, 0.25) is 0 Å². The first-order valence-corrected chi connectivity index (χ1v) is 5.17. The summed E-state index contributed by atoms with van der Waals surface area (Å²) in [6.45, 7) is 5.88. The van der Waals surface area contributed by atoms with Gasteiger partial charge in [-0.3, -0.25) is 0 Å². The molecule has 0 spiro atoms. The van der Waals surface area contributed by atoms with E-state index in [9.17, 15) is 5.11 Å². The van der Waals surface area contributed by atoms with Crippen LogP contribution in [0.25, 0.3) is 0 Å². The summed E-state index contributed by atoms with van der Waals surface area (Å²) < 4.78 is 0. The van der Waals surface area contributed by atoms with Crippen molar-refractivity contribution in [2.45, 2.75) is 25.9 Å². The third-order valence-corrected chi connectivity index (χ3v) is 2.92. The minimum Gasteiger partial charge on any atom is -0.387 e. The number of nitrogens with one attached hydrogen (secondary N) is 1. The van der Waals surface area contributed by atoms with Crippen LogP contribution >= 0.6 is 0 Å². The molecular formula is C12H17NO. The van der Waals surface area contributed by atoms with E-state index in [0.29, 0.717) is 12.5 Å². The molecule has 1 aromatic carbocycles. The Morgan fingerprint density at radius 1 is 1.29 bits per heavy atom. The zero-order chi connectivity index (χ0) is 10.1. The third-order valence-electron chi connectivity index (χ3n) is 2.92. The SMILES string of the molecule is Cc1ccc2c(c1)C(O)CNCC2C. The molecule has 2 N–H and O–H groups in total. The smallest absolute Gasteiger partial charge is 0.0917 e. The Morgan fingerprint density at radius 3 is 2.86 bits per heavy atom. The summed E-state index contributed by atoms with van der Waals surface area (Å²) in [4.78, 5) is 0. The Hall–Kier alpha value is -0.860. The van der Waals surface area contributed by atoms with Gasteiger partial charge in [0.25, 0.3) is 0 Å². The summed E-state index contributed by atoms with van der Waals surface area (Å²) >= 11 is 0. The Balaban J connectivity index is 2.48. The third kappa shape index (κ3) is 1.68. The van der Waals surface area contributed by atoms with Gasteiger partial charge < -0.3 is 10.4 Å². The molecule has 0 amide bonds. The highest BCUT2D eigenvalue weighted by molar-refractivity contribution is 5.36. The molecule has 76 valence electrons. The summed E-state index contributed by atoms with van der Waals surface area (Å²) in [5.41, 5.74) is 3.60. The highest BCUT2D eigenvalue weighted by atomic mass is 16.3. The molecule has 2 heteroatoms. The molecule has 14 heavy (non-hydrogen) atoms. The number of aryl methyl sites for hydroxylation is 1. The van der Waals surface area contributed by atoms with E-state index in [0.717, 1.165) is 12.1 Å². The van der Waals surface area contributed by atoms with Gasteiger partial charge in [0.15, 0.2) is 0 Å². The van der Waals surface area contributed by atoms with Crippen LogP contribution in [0.4, 0.5) is 0 Å². The molecule has 0 aliphatic carbocycles. The molecule has 2 nitrogen and oxygen atoms in total. The zero-order valence-electron chi connectivity index (χ0n) is 8.75. The van der Waals surface area contributed by atoms with Crippen LogP contribution in [0.5, 0.6) is 0 Å². The topological polar surface area (TPSA) is 32.3 Å². The fraction of sp³-hybridized carbons (Fsp3) is 0.500. The second-order valence-electron chi connectivity index (χ2n) is 4.21. The normalized spacial score (nSPS) is 26.8. The molecule has 2 atom stereocenters.